The van der Waals surface area contributed by atoms with Crippen LogP contribution in [0.3, 0.4) is 0 Å². The summed E-state index contributed by atoms with van der Waals surface area (Å²) in [4.78, 5) is 36.2. The van der Waals surface area contributed by atoms with Gasteiger partial charge in [0.2, 0.25) is 0 Å². The van der Waals surface area contributed by atoms with Gasteiger partial charge >= 0.3 is 11.9 Å². The summed E-state index contributed by atoms with van der Waals surface area (Å²) in [5, 5.41) is 0. The molecule has 6 nitrogen and oxygen atoms in total. The Balaban J connectivity index is 2.53. The highest BCUT2D eigenvalue weighted by atomic mass is 16.5. The highest BCUT2D eigenvalue weighted by Crippen LogP contribution is 2.21. The topological polar surface area (TPSA) is 78.9 Å². The third-order valence-corrected chi connectivity index (χ3v) is 5.89. The number of unbranched alkanes of at least 4 members (excludes halogenated alkanes) is 5. The van der Waals surface area contributed by atoms with E-state index in [0.717, 1.165) is 50.5 Å². The van der Waals surface area contributed by atoms with Crippen molar-refractivity contribution in [3.05, 3.63) is 35.9 Å². The van der Waals surface area contributed by atoms with E-state index in [4.69, 9.17) is 9.47 Å². The molecule has 0 heterocycles. The number of esters is 2. The van der Waals surface area contributed by atoms with Gasteiger partial charge in [-0.15, -0.1) is 0 Å². The van der Waals surface area contributed by atoms with Gasteiger partial charge in [0.1, 0.15) is 11.7 Å². The SMILES string of the molecule is CCCCCC(CCC(C(=O)CCCCCCC(=O)OC)C(=O)OC)OCc1ccccc1. The van der Waals surface area contributed by atoms with Gasteiger partial charge in [-0.2, -0.15) is 0 Å². The first kappa shape index (κ1) is 28.8. The average Bonchev–Trinajstić information content (AvgIpc) is 2.84. The Labute approximate surface area is 199 Å². The summed E-state index contributed by atoms with van der Waals surface area (Å²) in [5.41, 5.74) is 1.12. The van der Waals surface area contributed by atoms with Crippen molar-refractivity contribution in [1.29, 1.82) is 0 Å². The first-order chi connectivity index (χ1) is 16.0. The molecule has 0 saturated carbocycles. The number of Topliss-reactive ketones (excluding diaryl/α,β-unsaturated/α-hetero) is 1. The molecule has 186 valence electrons. The molecule has 0 amide bonds. The summed E-state index contributed by atoms with van der Waals surface area (Å²) < 4.78 is 15.7. The molecule has 0 radical (unpaired) electrons. The van der Waals surface area contributed by atoms with Crippen molar-refractivity contribution in [1.82, 2.24) is 0 Å². The molecular weight excluding hydrogens is 420 g/mol. The number of carbonyl (C=O) groups excluding carboxylic acids is 3. The van der Waals surface area contributed by atoms with Crippen LogP contribution >= 0.6 is 0 Å². The van der Waals surface area contributed by atoms with E-state index in [1.807, 2.05) is 30.3 Å². The van der Waals surface area contributed by atoms with Crippen LogP contribution in [-0.4, -0.2) is 38.0 Å². The minimum absolute atomic E-state index is 0.00929. The Morgan fingerprint density at radius 2 is 1.48 bits per heavy atom. The van der Waals surface area contributed by atoms with E-state index >= 15 is 0 Å². The highest BCUT2D eigenvalue weighted by molar-refractivity contribution is 5.98. The van der Waals surface area contributed by atoms with Crippen molar-refractivity contribution >= 4 is 17.7 Å². The quantitative estimate of drug-likeness (QED) is 0.147. The van der Waals surface area contributed by atoms with Crippen molar-refractivity contribution in [2.45, 2.75) is 96.7 Å². The van der Waals surface area contributed by atoms with E-state index < -0.39 is 11.9 Å². The van der Waals surface area contributed by atoms with Crippen LogP contribution in [0.15, 0.2) is 30.3 Å². The molecule has 0 aliphatic rings. The number of carbonyl (C=O) groups is 3. The summed E-state index contributed by atoms with van der Waals surface area (Å²) >= 11 is 0. The molecule has 2 atom stereocenters. The lowest BCUT2D eigenvalue weighted by Gasteiger charge is -2.21. The molecule has 0 saturated heterocycles. The largest absolute Gasteiger partial charge is 0.469 e. The van der Waals surface area contributed by atoms with E-state index in [1.165, 1.54) is 14.2 Å². The summed E-state index contributed by atoms with van der Waals surface area (Å²) in [6, 6.07) is 10.0. The lowest BCUT2D eigenvalue weighted by atomic mass is 9.92. The molecule has 1 aromatic rings. The minimum atomic E-state index is -0.737. The summed E-state index contributed by atoms with van der Waals surface area (Å²) in [6.07, 6.45) is 9.28. The fourth-order valence-electron chi connectivity index (χ4n) is 3.82. The maximum atomic E-state index is 12.8. The number of hydrogen-bond donors (Lipinski definition) is 0. The van der Waals surface area contributed by atoms with E-state index in [-0.39, 0.29) is 17.9 Å². The van der Waals surface area contributed by atoms with Crippen LogP contribution in [0.2, 0.25) is 0 Å². The molecule has 1 rings (SSSR count). The number of rotatable bonds is 19. The van der Waals surface area contributed by atoms with E-state index in [1.54, 1.807) is 0 Å². The van der Waals surface area contributed by atoms with Crippen LogP contribution in [0.4, 0.5) is 0 Å². The van der Waals surface area contributed by atoms with Gasteiger partial charge < -0.3 is 14.2 Å². The first-order valence-electron chi connectivity index (χ1n) is 12.3. The highest BCUT2D eigenvalue weighted by Gasteiger charge is 2.28. The van der Waals surface area contributed by atoms with Gasteiger partial charge in [0.05, 0.1) is 26.9 Å². The molecule has 1 aromatic carbocycles. The molecule has 0 aromatic heterocycles. The fraction of sp³-hybridized carbons (Fsp3) is 0.667. The van der Waals surface area contributed by atoms with Crippen molar-refractivity contribution in [2.24, 2.45) is 5.92 Å². The zero-order valence-electron chi connectivity index (χ0n) is 20.7. The first-order valence-corrected chi connectivity index (χ1v) is 12.3. The van der Waals surface area contributed by atoms with Crippen LogP contribution in [0.5, 0.6) is 0 Å². The maximum absolute atomic E-state index is 12.8. The number of hydrogen-bond acceptors (Lipinski definition) is 6. The van der Waals surface area contributed by atoms with Gasteiger partial charge in [0, 0.05) is 12.8 Å². The van der Waals surface area contributed by atoms with Gasteiger partial charge in [-0.05, 0) is 37.7 Å². The van der Waals surface area contributed by atoms with Crippen molar-refractivity contribution < 1.29 is 28.6 Å². The summed E-state index contributed by atoms with van der Waals surface area (Å²) in [6.45, 7) is 2.70. The Morgan fingerprint density at radius 1 is 0.788 bits per heavy atom. The summed E-state index contributed by atoms with van der Waals surface area (Å²) in [7, 11) is 2.72. The Kier molecular flexibility index (Phi) is 15.9. The van der Waals surface area contributed by atoms with Gasteiger partial charge in [0.15, 0.2) is 0 Å². The molecule has 6 heteroatoms. The predicted octanol–water partition coefficient (Wildman–Crippen LogP) is 5.80. The molecule has 0 spiro atoms. The lowest BCUT2D eigenvalue weighted by molar-refractivity contribution is -0.150. The van der Waals surface area contributed by atoms with Crippen LogP contribution in [0, 0.1) is 5.92 Å². The smallest absolute Gasteiger partial charge is 0.316 e. The van der Waals surface area contributed by atoms with Crippen molar-refractivity contribution in [2.75, 3.05) is 14.2 Å². The molecule has 0 fully saturated rings. The second kappa shape index (κ2) is 18.2. The van der Waals surface area contributed by atoms with Gasteiger partial charge in [-0.3, -0.25) is 14.4 Å². The van der Waals surface area contributed by atoms with Crippen LogP contribution in [-0.2, 0) is 35.2 Å². The van der Waals surface area contributed by atoms with E-state index in [2.05, 4.69) is 11.7 Å². The molecule has 0 bridgehead atoms. The second-order valence-electron chi connectivity index (χ2n) is 8.52. The Bertz CT molecular complexity index is 672. The van der Waals surface area contributed by atoms with Crippen molar-refractivity contribution in [3.63, 3.8) is 0 Å². The third-order valence-electron chi connectivity index (χ3n) is 5.89. The van der Waals surface area contributed by atoms with Crippen LogP contribution in [0.25, 0.3) is 0 Å². The number of ketones is 1. The third kappa shape index (κ3) is 13.2. The normalized spacial score (nSPS) is 12.7. The molecule has 0 N–H and O–H groups in total. The lowest BCUT2D eigenvalue weighted by Crippen LogP contribution is -2.27. The number of benzene rings is 1. The molecule has 33 heavy (non-hydrogen) atoms. The summed E-state index contributed by atoms with van der Waals surface area (Å²) in [5.74, 6) is -1.47. The van der Waals surface area contributed by atoms with Gasteiger partial charge in [0.25, 0.3) is 0 Å². The number of ether oxygens (including phenoxy) is 3. The van der Waals surface area contributed by atoms with Crippen molar-refractivity contribution in [3.8, 4) is 0 Å². The maximum Gasteiger partial charge on any atom is 0.316 e. The van der Waals surface area contributed by atoms with Gasteiger partial charge in [-0.25, -0.2) is 0 Å². The molecular formula is C27H42O6. The molecule has 0 aliphatic heterocycles. The van der Waals surface area contributed by atoms with Gasteiger partial charge in [-0.1, -0.05) is 69.4 Å². The Morgan fingerprint density at radius 3 is 2.12 bits per heavy atom. The van der Waals surface area contributed by atoms with Crippen LogP contribution in [0.1, 0.15) is 89.5 Å². The molecule has 2 unspecified atom stereocenters. The minimum Gasteiger partial charge on any atom is -0.469 e. The average molecular weight is 463 g/mol. The second-order valence-corrected chi connectivity index (χ2v) is 8.52. The predicted molar refractivity (Wildman–Crippen MR) is 129 cm³/mol. The monoisotopic (exact) mass is 462 g/mol. The standard InChI is InChI=1S/C27H42O6/c1-4-5-9-16-23(33-21-22-14-10-8-11-15-22)19-20-24(27(30)32-3)25(28)17-12-6-7-13-18-26(29)31-2/h8,10-11,14-15,23-24H,4-7,9,12-13,16-21H2,1-3H3. The zero-order valence-corrected chi connectivity index (χ0v) is 20.7. The van der Waals surface area contributed by atoms with Crippen LogP contribution < -0.4 is 0 Å². The van der Waals surface area contributed by atoms with E-state index in [0.29, 0.717) is 38.7 Å². The van der Waals surface area contributed by atoms with E-state index in [9.17, 15) is 14.4 Å². The zero-order chi connectivity index (χ0) is 24.3. The molecule has 0 aliphatic carbocycles. The number of methoxy groups -OCH3 is 2. The Hall–Kier alpha value is -2.21. The fourth-order valence-corrected chi connectivity index (χ4v) is 3.82.